The summed E-state index contributed by atoms with van der Waals surface area (Å²) in [5.41, 5.74) is 1.09. The quantitative estimate of drug-likeness (QED) is 0.943. The molecule has 1 aromatic heterocycles. The van der Waals surface area contributed by atoms with E-state index in [4.69, 9.17) is 16.1 Å². The third kappa shape index (κ3) is 3.29. The van der Waals surface area contributed by atoms with E-state index in [1.165, 1.54) is 0 Å². The predicted octanol–water partition coefficient (Wildman–Crippen LogP) is 2.69. The molecule has 3 rings (SSSR count). The fraction of sp³-hybridized carbons (Fsp3) is 0.385. The lowest BCUT2D eigenvalue weighted by Crippen LogP contribution is -2.30. The predicted molar refractivity (Wildman–Crippen MR) is 76.6 cm³/mol. The lowest BCUT2D eigenvalue weighted by atomic mass is 10.1. The number of rotatable bonds is 3. The van der Waals surface area contributed by atoms with E-state index in [1.807, 2.05) is 36.0 Å². The summed E-state index contributed by atoms with van der Waals surface area (Å²) >= 11 is 7.87. The molecule has 19 heavy (non-hydrogen) atoms. The molecule has 1 aliphatic rings. The Labute approximate surface area is 120 Å². The van der Waals surface area contributed by atoms with Crippen molar-refractivity contribution in [3.8, 4) is 0 Å². The summed E-state index contributed by atoms with van der Waals surface area (Å²) in [6, 6.07) is 7.90. The molecule has 1 unspecified atom stereocenters. The van der Waals surface area contributed by atoms with E-state index in [0.29, 0.717) is 18.1 Å². The van der Waals surface area contributed by atoms with Crippen molar-refractivity contribution >= 4 is 23.4 Å². The number of nitrogens with one attached hydrogen (secondary N) is 1. The maximum absolute atomic E-state index is 5.96. The summed E-state index contributed by atoms with van der Waals surface area (Å²) in [7, 11) is 0. The van der Waals surface area contributed by atoms with E-state index in [-0.39, 0.29) is 6.04 Å². The maximum atomic E-state index is 5.96. The highest BCUT2D eigenvalue weighted by Gasteiger charge is 2.21. The Bertz CT molecular complexity index is 554. The minimum absolute atomic E-state index is 0.180. The molecular formula is C13H14ClN3OS. The Balaban J connectivity index is 1.70. The number of hydrogen-bond donors (Lipinski definition) is 1. The molecular weight excluding hydrogens is 282 g/mol. The second-order valence-electron chi connectivity index (χ2n) is 4.44. The average Bonchev–Trinajstić information content (AvgIpc) is 2.88. The standard InChI is InChI=1S/C13H14ClN3OS/c14-10-3-1-2-9(6-10)7-12-16-13(18-17-12)11-8-19-5-4-15-11/h1-3,6,11,15H,4-5,7-8H2. The summed E-state index contributed by atoms with van der Waals surface area (Å²) in [6.07, 6.45) is 0.643. The zero-order valence-corrected chi connectivity index (χ0v) is 11.9. The van der Waals surface area contributed by atoms with Crippen LogP contribution in [0.3, 0.4) is 0 Å². The first kappa shape index (κ1) is 13.0. The van der Waals surface area contributed by atoms with Crippen LogP contribution in [0.1, 0.15) is 23.3 Å². The van der Waals surface area contributed by atoms with Crippen LogP contribution in [-0.4, -0.2) is 28.2 Å². The maximum Gasteiger partial charge on any atom is 0.244 e. The van der Waals surface area contributed by atoms with Gasteiger partial charge in [0.1, 0.15) is 0 Å². The number of halogens is 1. The van der Waals surface area contributed by atoms with Crippen molar-refractivity contribution in [2.24, 2.45) is 0 Å². The second-order valence-corrected chi connectivity index (χ2v) is 6.02. The normalized spacial score (nSPS) is 19.5. The monoisotopic (exact) mass is 295 g/mol. The molecule has 1 N–H and O–H groups in total. The van der Waals surface area contributed by atoms with Crippen LogP contribution < -0.4 is 5.32 Å². The summed E-state index contributed by atoms with van der Waals surface area (Å²) in [6.45, 7) is 0.987. The Morgan fingerprint density at radius 3 is 3.21 bits per heavy atom. The molecule has 0 spiro atoms. The van der Waals surface area contributed by atoms with E-state index >= 15 is 0 Å². The van der Waals surface area contributed by atoms with Crippen LogP contribution >= 0.6 is 23.4 Å². The SMILES string of the molecule is Clc1cccc(Cc2noc(C3CSCCN3)n2)c1. The molecule has 6 heteroatoms. The Kier molecular flexibility index (Phi) is 4.06. The molecule has 4 nitrogen and oxygen atoms in total. The number of hydrogen-bond acceptors (Lipinski definition) is 5. The molecule has 1 aliphatic heterocycles. The van der Waals surface area contributed by atoms with Gasteiger partial charge in [-0.25, -0.2) is 0 Å². The van der Waals surface area contributed by atoms with Crippen LogP contribution in [0.5, 0.6) is 0 Å². The van der Waals surface area contributed by atoms with E-state index in [0.717, 1.165) is 28.6 Å². The first-order valence-electron chi connectivity index (χ1n) is 6.19. The van der Waals surface area contributed by atoms with E-state index in [9.17, 15) is 0 Å². The molecule has 1 saturated heterocycles. The molecule has 2 heterocycles. The van der Waals surface area contributed by atoms with Gasteiger partial charge >= 0.3 is 0 Å². The second kappa shape index (κ2) is 5.94. The van der Waals surface area contributed by atoms with Gasteiger partial charge in [-0.3, -0.25) is 0 Å². The molecule has 2 aromatic rings. The van der Waals surface area contributed by atoms with Crippen molar-refractivity contribution in [2.75, 3.05) is 18.1 Å². The lowest BCUT2D eigenvalue weighted by Gasteiger charge is -2.19. The third-order valence-electron chi connectivity index (χ3n) is 2.95. The van der Waals surface area contributed by atoms with Crippen LogP contribution in [0.4, 0.5) is 0 Å². The van der Waals surface area contributed by atoms with Crippen LogP contribution in [0.2, 0.25) is 5.02 Å². The van der Waals surface area contributed by atoms with E-state index < -0.39 is 0 Å². The topological polar surface area (TPSA) is 51.0 Å². The fourth-order valence-electron chi connectivity index (χ4n) is 2.03. The van der Waals surface area contributed by atoms with Crippen molar-refractivity contribution in [1.82, 2.24) is 15.5 Å². The van der Waals surface area contributed by atoms with Crippen molar-refractivity contribution in [2.45, 2.75) is 12.5 Å². The van der Waals surface area contributed by atoms with Gasteiger partial charge in [0.05, 0.1) is 6.04 Å². The lowest BCUT2D eigenvalue weighted by molar-refractivity contribution is 0.339. The van der Waals surface area contributed by atoms with E-state index in [1.54, 1.807) is 0 Å². The van der Waals surface area contributed by atoms with Gasteiger partial charge in [-0.15, -0.1) is 0 Å². The van der Waals surface area contributed by atoms with Gasteiger partial charge in [0.15, 0.2) is 5.82 Å². The summed E-state index contributed by atoms with van der Waals surface area (Å²) in [5.74, 6) is 3.51. The smallest absolute Gasteiger partial charge is 0.244 e. The summed E-state index contributed by atoms with van der Waals surface area (Å²) < 4.78 is 5.34. The minimum atomic E-state index is 0.180. The minimum Gasteiger partial charge on any atom is -0.338 e. The number of benzene rings is 1. The fourth-order valence-corrected chi connectivity index (χ4v) is 3.17. The van der Waals surface area contributed by atoms with Crippen molar-refractivity contribution in [3.63, 3.8) is 0 Å². The third-order valence-corrected chi connectivity index (χ3v) is 4.25. The Hall–Kier alpha value is -1.04. The first-order valence-corrected chi connectivity index (χ1v) is 7.72. The van der Waals surface area contributed by atoms with Crippen LogP contribution in [0, 0.1) is 0 Å². The summed E-state index contributed by atoms with van der Waals surface area (Å²) in [4.78, 5) is 4.46. The Morgan fingerprint density at radius 2 is 2.42 bits per heavy atom. The molecule has 0 amide bonds. The number of nitrogens with zero attached hydrogens (tertiary/aromatic N) is 2. The van der Waals surface area contributed by atoms with Gasteiger partial charge < -0.3 is 9.84 Å². The highest BCUT2D eigenvalue weighted by Crippen LogP contribution is 2.21. The van der Waals surface area contributed by atoms with Gasteiger partial charge in [0.25, 0.3) is 0 Å². The molecule has 1 aromatic carbocycles. The first-order chi connectivity index (χ1) is 9.31. The van der Waals surface area contributed by atoms with Crippen LogP contribution in [0.25, 0.3) is 0 Å². The average molecular weight is 296 g/mol. The van der Waals surface area contributed by atoms with Gasteiger partial charge in [0.2, 0.25) is 5.89 Å². The van der Waals surface area contributed by atoms with E-state index in [2.05, 4.69) is 15.5 Å². The number of aromatic nitrogens is 2. The zero-order chi connectivity index (χ0) is 13.1. The molecule has 0 saturated carbocycles. The summed E-state index contributed by atoms with van der Waals surface area (Å²) in [5, 5.41) is 8.15. The number of thioether (sulfide) groups is 1. The van der Waals surface area contributed by atoms with Crippen LogP contribution in [-0.2, 0) is 6.42 Å². The van der Waals surface area contributed by atoms with Crippen molar-refractivity contribution in [3.05, 3.63) is 46.6 Å². The zero-order valence-electron chi connectivity index (χ0n) is 10.3. The Morgan fingerprint density at radius 1 is 1.47 bits per heavy atom. The molecule has 0 aliphatic carbocycles. The molecule has 1 fully saturated rings. The molecule has 1 atom stereocenters. The highest BCUT2D eigenvalue weighted by atomic mass is 35.5. The van der Waals surface area contributed by atoms with Crippen LogP contribution in [0.15, 0.2) is 28.8 Å². The molecule has 0 bridgehead atoms. The van der Waals surface area contributed by atoms with Crippen molar-refractivity contribution in [1.29, 1.82) is 0 Å². The molecule has 0 radical (unpaired) electrons. The van der Waals surface area contributed by atoms with Crippen molar-refractivity contribution < 1.29 is 4.52 Å². The van der Waals surface area contributed by atoms with Gasteiger partial charge in [0, 0.05) is 29.5 Å². The molecule has 100 valence electrons. The largest absolute Gasteiger partial charge is 0.338 e. The van der Waals surface area contributed by atoms with Gasteiger partial charge in [-0.2, -0.15) is 16.7 Å². The highest BCUT2D eigenvalue weighted by molar-refractivity contribution is 7.99. The van der Waals surface area contributed by atoms with Gasteiger partial charge in [-0.1, -0.05) is 28.9 Å². The van der Waals surface area contributed by atoms with Gasteiger partial charge in [-0.05, 0) is 17.7 Å².